The maximum Gasteiger partial charge on any atom is 0.344 e. The van der Waals surface area contributed by atoms with Gasteiger partial charge in [-0.2, -0.15) is 0 Å². The molecule has 4 nitrogen and oxygen atoms in total. The Kier molecular flexibility index (Phi) is 1.15. The van der Waals surface area contributed by atoms with Crippen molar-refractivity contribution in [2.45, 2.75) is 6.42 Å². The second-order valence-corrected chi connectivity index (χ2v) is 2.36. The molecule has 2 rings (SSSR count). The van der Waals surface area contributed by atoms with Crippen LogP contribution in [0.2, 0.25) is 0 Å². The molecule has 2 aliphatic heterocycles. The van der Waals surface area contributed by atoms with Crippen LogP contribution in [0, 0.1) is 0 Å². The summed E-state index contributed by atoms with van der Waals surface area (Å²) in [5.74, 6) is -1.03. The van der Waals surface area contributed by atoms with Crippen LogP contribution < -0.4 is 0 Å². The zero-order valence-electron chi connectivity index (χ0n) is 5.66. The Bertz CT molecular complexity index is 273. The molecule has 2 heterocycles. The van der Waals surface area contributed by atoms with Gasteiger partial charge in [0.2, 0.25) is 0 Å². The number of aliphatic imine (C=N–C) groups is 1. The Morgan fingerprint density at radius 3 is 2.73 bits per heavy atom. The first-order valence-corrected chi connectivity index (χ1v) is 3.26. The molecule has 0 N–H and O–H groups in total. The molecule has 0 saturated heterocycles. The van der Waals surface area contributed by atoms with Gasteiger partial charge in [-0.1, -0.05) is 0 Å². The molecule has 0 fully saturated rings. The monoisotopic (exact) mass is 151 g/mol. The first-order valence-electron chi connectivity index (χ1n) is 3.26. The van der Waals surface area contributed by atoms with E-state index in [1.807, 2.05) is 0 Å². The zero-order chi connectivity index (χ0) is 7.84. The fourth-order valence-corrected chi connectivity index (χ4v) is 1.13. The molecule has 0 aliphatic carbocycles. The summed E-state index contributed by atoms with van der Waals surface area (Å²) in [6, 6.07) is 0. The van der Waals surface area contributed by atoms with E-state index in [9.17, 15) is 9.59 Å². The predicted molar refractivity (Wildman–Crippen MR) is 36.1 cm³/mol. The van der Waals surface area contributed by atoms with Crippen molar-refractivity contribution in [1.29, 1.82) is 0 Å². The van der Waals surface area contributed by atoms with E-state index in [-0.39, 0.29) is 0 Å². The second-order valence-electron chi connectivity index (χ2n) is 2.36. The van der Waals surface area contributed by atoms with Gasteiger partial charge in [0.05, 0.1) is 17.7 Å². The average Bonchev–Trinajstić information content (AvgIpc) is 2.30. The van der Waals surface area contributed by atoms with E-state index in [0.29, 0.717) is 24.1 Å². The van der Waals surface area contributed by atoms with Gasteiger partial charge in [0, 0.05) is 12.6 Å². The molecule has 0 aromatic rings. The highest BCUT2D eigenvalue weighted by Gasteiger charge is 2.32. The minimum Gasteiger partial charge on any atom is -0.386 e. The fourth-order valence-electron chi connectivity index (χ4n) is 1.13. The molecule has 0 saturated carbocycles. The number of dihydropyridines is 1. The molecule has 0 aromatic heterocycles. The summed E-state index contributed by atoms with van der Waals surface area (Å²) in [7, 11) is 0. The number of rotatable bonds is 0. The van der Waals surface area contributed by atoms with Crippen LogP contribution in [0.3, 0.4) is 0 Å². The van der Waals surface area contributed by atoms with Crippen molar-refractivity contribution in [2.75, 3.05) is 6.54 Å². The third kappa shape index (κ3) is 0.790. The predicted octanol–water partition coefficient (Wildman–Crippen LogP) is -0.159. The third-order valence-corrected chi connectivity index (χ3v) is 1.72. The first-order chi connectivity index (χ1) is 5.29. The Balaban J connectivity index is 2.42. The summed E-state index contributed by atoms with van der Waals surface area (Å²) in [6.07, 6.45) is 2.05. The molecule has 2 aliphatic rings. The molecular weight excluding hydrogens is 146 g/mol. The number of esters is 2. The third-order valence-electron chi connectivity index (χ3n) is 1.72. The van der Waals surface area contributed by atoms with Crippen molar-refractivity contribution in [3.05, 3.63) is 11.1 Å². The van der Waals surface area contributed by atoms with Crippen LogP contribution in [0.1, 0.15) is 6.42 Å². The van der Waals surface area contributed by atoms with Crippen molar-refractivity contribution >= 4 is 18.2 Å². The molecule has 0 amide bonds. The normalized spacial score (nSPS) is 22.2. The molecule has 4 heteroatoms. The van der Waals surface area contributed by atoms with Crippen LogP contribution in [0.25, 0.3) is 0 Å². The summed E-state index contributed by atoms with van der Waals surface area (Å²) in [5.41, 5.74) is 0.905. The van der Waals surface area contributed by atoms with Crippen LogP contribution in [0.15, 0.2) is 16.1 Å². The van der Waals surface area contributed by atoms with Gasteiger partial charge in [0.15, 0.2) is 0 Å². The second kappa shape index (κ2) is 2.02. The lowest BCUT2D eigenvalue weighted by molar-refractivity contribution is -0.151. The number of hydrogen-bond acceptors (Lipinski definition) is 4. The fraction of sp³-hybridized carbons (Fsp3) is 0.286. The van der Waals surface area contributed by atoms with E-state index in [1.54, 1.807) is 6.21 Å². The summed E-state index contributed by atoms with van der Waals surface area (Å²) in [5, 5.41) is 0. The SMILES string of the molecule is O=C1OC(=O)C2=C1CC=NC2. The van der Waals surface area contributed by atoms with Gasteiger partial charge in [-0.25, -0.2) is 9.59 Å². The topological polar surface area (TPSA) is 55.7 Å². The summed E-state index contributed by atoms with van der Waals surface area (Å²) in [6.45, 7) is 0.292. The van der Waals surface area contributed by atoms with E-state index < -0.39 is 11.9 Å². The van der Waals surface area contributed by atoms with Gasteiger partial charge in [-0.15, -0.1) is 0 Å². The Hall–Kier alpha value is -1.45. The molecule has 0 spiro atoms. The molecular formula is C7H5NO3. The van der Waals surface area contributed by atoms with E-state index in [1.165, 1.54) is 0 Å². The minimum absolute atomic E-state index is 0.292. The lowest BCUT2D eigenvalue weighted by Crippen LogP contribution is -2.04. The van der Waals surface area contributed by atoms with Gasteiger partial charge >= 0.3 is 11.9 Å². The van der Waals surface area contributed by atoms with Gasteiger partial charge in [-0.3, -0.25) is 4.99 Å². The maximum atomic E-state index is 10.9. The number of carbonyl (C=O) groups excluding carboxylic acids is 2. The minimum atomic E-state index is -0.526. The van der Waals surface area contributed by atoms with Crippen molar-refractivity contribution < 1.29 is 14.3 Å². The van der Waals surface area contributed by atoms with Crippen molar-refractivity contribution in [1.82, 2.24) is 0 Å². The van der Waals surface area contributed by atoms with E-state index in [2.05, 4.69) is 9.73 Å². The van der Waals surface area contributed by atoms with Gasteiger partial charge in [0.25, 0.3) is 0 Å². The van der Waals surface area contributed by atoms with Crippen molar-refractivity contribution in [3.8, 4) is 0 Å². The Morgan fingerprint density at radius 1 is 1.27 bits per heavy atom. The number of carbonyl (C=O) groups is 2. The quantitative estimate of drug-likeness (QED) is 0.357. The maximum absolute atomic E-state index is 10.9. The molecule has 0 unspecified atom stereocenters. The van der Waals surface area contributed by atoms with Crippen LogP contribution in [0.5, 0.6) is 0 Å². The lowest BCUT2D eigenvalue weighted by atomic mass is 10.1. The van der Waals surface area contributed by atoms with Crippen LogP contribution in [0.4, 0.5) is 0 Å². The van der Waals surface area contributed by atoms with Crippen molar-refractivity contribution in [2.24, 2.45) is 4.99 Å². The smallest absolute Gasteiger partial charge is 0.344 e. The van der Waals surface area contributed by atoms with E-state index >= 15 is 0 Å². The zero-order valence-corrected chi connectivity index (χ0v) is 5.66. The van der Waals surface area contributed by atoms with E-state index in [0.717, 1.165) is 0 Å². The lowest BCUT2D eigenvalue weighted by Gasteiger charge is -1.99. The van der Waals surface area contributed by atoms with E-state index in [4.69, 9.17) is 0 Å². The highest BCUT2D eigenvalue weighted by molar-refractivity contribution is 6.14. The molecule has 0 bridgehead atoms. The molecule has 11 heavy (non-hydrogen) atoms. The number of ether oxygens (including phenoxy) is 1. The molecule has 0 atom stereocenters. The highest BCUT2D eigenvalue weighted by atomic mass is 16.6. The largest absolute Gasteiger partial charge is 0.386 e. The van der Waals surface area contributed by atoms with Gasteiger partial charge < -0.3 is 4.74 Å². The summed E-state index contributed by atoms with van der Waals surface area (Å²) in [4.78, 5) is 25.6. The number of hydrogen-bond donors (Lipinski definition) is 0. The first kappa shape index (κ1) is 6.27. The Labute approximate surface area is 62.6 Å². The summed E-state index contributed by atoms with van der Waals surface area (Å²) < 4.78 is 4.38. The standard InChI is InChI=1S/C7H5NO3/c9-6-4-1-2-8-3-5(4)7(10)11-6/h2H,1,3H2. The highest BCUT2D eigenvalue weighted by Crippen LogP contribution is 2.22. The number of nitrogens with zero attached hydrogens (tertiary/aromatic N) is 1. The molecule has 0 aromatic carbocycles. The number of cyclic esters (lactones) is 2. The Morgan fingerprint density at radius 2 is 2.00 bits per heavy atom. The van der Waals surface area contributed by atoms with Crippen molar-refractivity contribution in [3.63, 3.8) is 0 Å². The molecule has 0 radical (unpaired) electrons. The average molecular weight is 151 g/mol. The van der Waals surface area contributed by atoms with Crippen LogP contribution >= 0.6 is 0 Å². The van der Waals surface area contributed by atoms with Crippen LogP contribution in [-0.2, 0) is 14.3 Å². The van der Waals surface area contributed by atoms with Gasteiger partial charge in [-0.05, 0) is 0 Å². The van der Waals surface area contributed by atoms with Crippen LogP contribution in [-0.4, -0.2) is 24.7 Å². The van der Waals surface area contributed by atoms with Gasteiger partial charge in [0.1, 0.15) is 0 Å². The summed E-state index contributed by atoms with van der Waals surface area (Å²) >= 11 is 0. The molecule has 56 valence electrons.